The van der Waals surface area contributed by atoms with E-state index in [0.29, 0.717) is 23.7 Å². The van der Waals surface area contributed by atoms with Gasteiger partial charge in [0.15, 0.2) is 0 Å². The molecule has 3 rings (SSSR count). The van der Waals surface area contributed by atoms with Crippen LogP contribution in [0.4, 0.5) is 0 Å². The van der Waals surface area contributed by atoms with Crippen molar-refractivity contribution in [2.75, 3.05) is 6.54 Å². The van der Waals surface area contributed by atoms with E-state index in [9.17, 15) is 9.90 Å². The maximum Gasteiger partial charge on any atom is 0.251 e. The van der Waals surface area contributed by atoms with E-state index in [1.165, 1.54) is 0 Å². The summed E-state index contributed by atoms with van der Waals surface area (Å²) in [5.74, 6) is -0.0822. The predicted octanol–water partition coefficient (Wildman–Crippen LogP) is 4.52. The van der Waals surface area contributed by atoms with Gasteiger partial charge in [-0.3, -0.25) is 4.79 Å². The molecule has 0 aromatic heterocycles. The molecule has 0 aliphatic heterocycles. The summed E-state index contributed by atoms with van der Waals surface area (Å²) in [5, 5.41) is 17.2. The lowest BCUT2D eigenvalue weighted by Crippen LogP contribution is -2.32. The Kier molecular flexibility index (Phi) is 8.03. The quantitative estimate of drug-likeness (QED) is 0.475. The number of carbonyl (C=O) groups excluding carboxylic acids is 1. The van der Waals surface area contributed by atoms with Crippen LogP contribution in [-0.4, -0.2) is 23.6 Å². The summed E-state index contributed by atoms with van der Waals surface area (Å²) >= 11 is 5.98. The van der Waals surface area contributed by atoms with Gasteiger partial charge in [0.2, 0.25) is 0 Å². The molecule has 0 fully saturated rings. The van der Waals surface area contributed by atoms with E-state index in [4.69, 9.17) is 11.6 Å². The molecule has 156 valence electrons. The van der Waals surface area contributed by atoms with E-state index in [0.717, 1.165) is 23.1 Å². The van der Waals surface area contributed by atoms with Crippen molar-refractivity contribution in [2.45, 2.75) is 32.0 Å². The minimum Gasteiger partial charge on any atom is -0.387 e. The van der Waals surface area contributed by atoms with E-state index in [-0.39, 0.29) is 11.9 Å². The van der Waals surface area contributed by atoms with Gasteiger partial charge in [-0.05, 0) is 54.3 Å². The Morgan fingerprint density at radius 2 is 1.70 bits per heavy atom. The van der Waals surface area contributed by atoms with Crippen LogP contribution < -0.4 is 10.6 Å². The maximum atomic E-state index is 12.3. The summed E-state index contributed by atoms with van der Waals surface area (Å²) in [5.41, 5.74) is 3.65. The lowest BCUT2D eigenvalue weighted by Gasteiger charge is -2.18. The van der Waals surface area contributed by atoms with Crippen LogP contribution in [0.15, 0.2) is 78.9 Å². The second-order valence-electron chi connectivity index (χ2n) is 7.45. The van der Waals surface area contributed by atoms with E-state index >= 15 is 0 Å². The monoisotopic (exact) mass is 422 g/mol. The molecule has 5 heteroatoms. The second-order valence-corrected chi connectivity index (χ2v) is 7.89. The molecule has 0 aliphatic carbocycles. The molecule has 0 saturated heterocycles. The minimum absolute atomic E-state index is 0.0822. The SMILES string of the molecule is CC(Cc1ccc(C(=O)NCc2ccccc2)cc1)NC[C@H](O)c1cccc(Cl)c1. The van der Waals surface area contributed by atoms with Crippen molar-refractivity contribution in [3.05, 3.63) is 106 Å². The number of rotatable bonds is 9. The molecule has 30 heavy (non-hydrogen) atoms. The van der Waals surface area contributed by atoms with Crippen molar-refractivity contribution in [3.63, 3.8) is 0 Å². The van der Waals surface area contributed by atoms with Crippen LogP contribution in [-0.2, 0) is 13.0 Å². The van der Waals surface area contributed by atoms with Gasteiger partial charge in [-0.2, -0.15) is 0 Å². The van der Waals surface area contributed by atoms with Crippen molar-refractivity contribution in [3.8, 4) is 0 Å². The number of aliphatic hydroxyl groups excluding tert-OH is 1. The first-order valence-corrected chi connectivity index (χ1v) is 10.5. The van der Waals surface area contributed by atoms with Crippen LogP contribution in [0, 0.1) is 0 Å². The average molecular weight is 423 g/mol. The number of aliphatic hydroxyl groups is 1. The molecule has 0 aliphatic rings. The topological polar surface area (TPSA) is 61.4 Å². The highest BCUT2D eigenvalue weighted by Gasteiger charge is 2.11. The zero-order chi connectivity index (χ0) is 21.3. The van der Waals surface area contributed by atoms with Gasteiger partial charge in [0.25, 0.3) is 5.91 Å². The molecule has 2 atom stereocenters. The number of carbonyl (C=O) groups is 1. The number of hydrogen-bond acceptors (Lipinski definition) is 3. The second kappa shape index (κ2) is 10.9. The Morgan fingerprint density at radius 3 is 2.40 bits per heavy atom. The van der Waals surface area contributed by atoms with Crippen molar-refractivity contribution in [2.24, 2.45) is 0 Å². The first kappa shape index (κ1) is 22.0. The maximum absolute atomic E-state index is 12.3. The van der Waals surface area contributed by atoms with E-state index in [1.807, 2.05) is 66.7 Å². The van der Waals surface area contributed by atoms with Crippen molar-refractivity contribution in [1.29, 1.82) is 0 Å². The highest BCUT2D eigenvalue weighted by molar-refractivity contribution is 6.30. The first-order chi connectivity index (χ1) is 14.5. The molecule has 4 nitrogen and oxygen atoms in total. The molecule has 1 unspecified atom stereocenters. The van der Waals surface area contributed by atoms with Crippen LogP contribution in [0.2, 0.25) is 5.02 Å². The van der Waals surface area contributed by atoms with Crippen LogP contribution >= 0.6 is 11.6 Å². The average Bonchev–Trinajstić information content (AvgIpc) is 2.77. The van der Waals surface area contributed by atoms with E-state index in [2.05, 4.69) is 17.6 Å². The summed E-state index contributed by atoms with van der Waals surface area (Å²) in [6.07, 6.45) is 0.190. The molecular formula is C25H27ClN2O2. The first-order valence-electron chi connectivity index (χ1n) is 10.1. The number of nitrogens with one attached hydrogen (secondary N) is 2. The number of halogens is 1. The molecule has 3 aromatic carbocycles. The molecule has 0 spiro atoms. The van der Waals surface area contributed by atoms with Gasteiger partial charge in [-0.15, -0.1) is 0 Å². The molecule has 0 radical (unpaired) electrons. The predicted molar refractivity (Wildman–Crippen MR) is 122 cm³/mol. The van der Waals surface area contributed by atoms with Crippen LogP contribution in [0.25, 0.3) is 0 Å². The Bertz CT molecular complexity index is 945. The Hall–Kier alpha value is -2.66. The molecule has 0 heterocycles. The van der Waals surface area contributed by atoms with E-state index < -0.39 is 6.10 Å². The van der Waals surface area contributed by atoms with Crippen molar-refractivity contribution < 1.29 is 9.90 Å². The van der Waals surface area contributed by atoms with Gasteiger partial charge in [-0.1, -0.05) is 66.2 Å². The molecule has 0 bridgehead atoms. The number of benzene rings is 3. The van der Waals surface area contributed by atoms with Gasteiger partial charge < -0.3 is 15.7 Å². The van der Waals surface area contributed by atoms with E-state index in [1.54, 1.807) is 12.1 Å². The van der Waals surface area contributed by atoms with Crippen LogP contribution in [0.1, 0.15) is 40.1 Å². The normalized spacial score (nSPS) is 12.9. The summed E-state index contributed by atoms with van der Waals surface area (Å²) in [7, 11) is 0. The number of hydrogen-bond donors (Lipinski definition) is 3. The van der Waals surface area contributed by atoms with Gasteiger partial charge in [0.05, 0.1) is 6.10 Å². The lowest BCUT2D eigenvalue weighted by atomic mass is 10.0. The molecular weight excluding hydrogens is 396 g/mol. The number of amides is 1. The third-order valence-electron chi connectivity index (χ3n) is 4.95. The zero-order valence-corrected chi connectivity index (χ0v) is 17.8. The van der Waals surface area contributed by atoms with Crippen LogP contribution in [0.3, 0.4) is 0 Å². The van der Waals surface area contributed by atoms with Crippen LogP contribution in [0.5, 0.6) is 0 Å². The summed E-state index contributed by atoms with van der Waals surface area (Å²) in [4.78, 5) is 12.3. The fourth-order valence-corrected chi connectivity index (χ4v) is 3.44. The molecule has 3 N–H and O–H groups in total. The zero-order valence-electron chi connectivity index (χ0n) is 17.0. The van der Waals surface area contributed by atoms with Crippen molar-refractivity contribution in [1.82, 2.24) is 10.6 Å². The molecule has 3 aromatic rings. The smallest absolute Gasteiger partial charge is 0.251 e. The van der Waals surface area contributed by atoms with Crippen molar-refractivity contribution >= 4 is 17.5 Å². The Balaban J connectivity index is 1.45. The standard InChI is InChI=1S/C25H27ClN2O2/c1-18(27-17-24(29)22-8-5-9-23(26)15-22)14-19-10-12-21(13-11-19)25(30)28-16-20-6-3-2-4-7-20/h2-13,15,18,24,27,29H,14,16-17H2,1H3,(H,28,30)/t18?,24-/m0/s1. The highest BCUT2D eigenvalue weighted by Crippen LogP contribution is 2.17. The summed E-state index contributed by atoms with van der Waals surface area (Å²) < 4.78 is 0. The fraction of sp³-hybridized carbons (Fsp3) is 0.240. The van der Waals surface area contributed by atoms with Gasteiger partial charge in [-0.25, -0.2) is 0 Å². The third-order valence-corrected chi connectivity index (χ3v) is 5.18. The van der Waals surface area contributed by atoms with Gasteiger partial charge >= 0.3 is 0 Å². The van der Waals surface area contributed by atoms with Gasteiger partial charge in [0, 0.05) is 29.7 Å². The largest absolute Gasteiger partial charge is 0.387 e. The molecule has 0 saturated carbocycles. The molecule has 1 amide bonds. The minimum atomic E-state index is -0.609. The Morgan fingerprint density at radius 1 is 0.967 bits per heavy atom. The Labute approximate surface area is 182 Å². The lowest BCUT2D eigenvalue weighted by molar-refractivity contribution is 0.0951. The fourth-order valence-electron chi connectivity index (χ4n) is 3.24. The van der Waals surface area contributed by atoms with Gasteiger partial charge in [0.1, 0.15) is 0 Å². The third kappa shape index (κ3) is 6.70. The summed E-state index contributed by atoms with van der Waals surface area (Å²) in [6.45, 7) is 3.03. The highest BCUT2D eigenvalue weighted by atomic mass is 35.5. The summed E-state index contributed by atoms with van der Waals surface area (Å²) in [6, 6.07) is 24.9.